The maximum Gasteiger partial charge on any atom is 0.164 e. The van der Waals surface area contributed by atoms with Crippen LogP contribution in [0.4, 0.5) is 0 Å². The predicted octanol–water partition coefficient (Wildman–Crippen LogP) is 17.2. The van der Waals surface area contributed by atoms with Gasteiger partial charge in [-0.3, -0.25) is 0 Å². The van der Waals surface area contributed by atoms with Crippen LogP contribution in [0.25, 0.3) is 132 Å². The van der Waals surface area contributed by atoms with Crippen LogP contribution in [0.3, 0.4) is 0 Å². The van der Waals surface area contributed by atoms with Gasteiger partial charge in [0.2, 0.25) is 0 Å². The van der Waals surface area contributed by atoms with Crippen molar-refractivity contribution in [3.8, 4) is 107 Å². The number of nitriles is 1. The molecule has 0 amide bonds. The highest BCUT2D eigenvalue weighted by atomic mass is 32.1. The highest BCUT2D eigenvalue weighted by Gasteiger charge is 2.35. The predicted molar refractivity (Wildman–Crippen MR) is 290 cm³/mol. The maximum absolute atomic E-state index is 9.35. The Morgan fingerprint density at radius 1 is 0.357 bits per heavy atom. The van der Waals surface area contributed by atoms with Gasteiger partial charge in [-0.25, -0.2) is 15.0 Å². The van der Waals surface area contributed by atoms with Crippen molar-refractivity contribution in [3.05, 3.63) is 223 Å². The van der Waals surface area contributed by atoms with E-state index in [2.05, 4.69) is 184 Å². The van der Waals surface area contributed by atoms with E-state index in [9.17, 15) is 5.26 Å². The van der Waals surface area contributed by atoms with Gasteiger partial charge in [0.15, 0.2) is 17.5 Å². The van der Waals surface area contributed by atoms with Crippen LogP contribution >= 0.6 is 11.3 Å². The van der Waals surface area contributed by atoms with E-state index in [0.29, 0.717) is 23.0 Å². The highest BCUT2D eigenvalue weighted by molar-refractivity contribution is 7.25. The van der Waals surface area contributed by atoms with Gasteiger partial charge >= 0.3 is 0 Å². The third kappa shape index (κ3) is 6.17. The third-order valence-corrected chi connectivity index (χ3v) is 15.9. The van der Waals surface area contributed by atoms with Crippen LogP contribution in [0.2, 0.25) is 0 Å². The lowest BCUT2D eigenvalue weighted by Crippen LogP contribution is -2.15. The van der Waals surface area contributed by atoms with Gasteiger partial charge in [0.1, 0.15) is 0 Å². The minimum atomic E-state index is -0.147. The molecule has 12 aromatic rings. The molecule has 0 saturated carbocycles. The number of rotatable bonds is 6. The van der Waals surface area contributed by atoms with Crippen molar-refractivity contribution in [3.63, 3.8) is 0 Å². The van der Waals surface area contributed by atoms with Gasteiger partial charge in [-0.1, -0.05) is 190 Å². The van der Waals surface area contributed by atoms with Crippen LogP contribution in [0, 0.1) is 11.3 Å². The normalized spacial score (nSPS) is 12.8. The molecule has 2 heterocycles. The lowest BCUT2D eigenvalue weighted by Gasteiger charge is -2.21. The summed E-state index contributed by atoms with van der Waals surface area (Å²) in [4.78, 5) is 15.5. The molecule has 2 aromatic heterocycles. The molecule has 14 rings (SSSR count). The number of aromatic nitrogens is 3. The fourth-order valence-electron chi connectivity index (χ4n) is 11.2. The SMILES string of the molecule is CC1(C)c2ccccc2-c2ccc(-c3nc(-c4ccccc4)nc(-c4ccc(-c5ccc6c7c(ccc(-c8ccc9c(c8)sc8cc(-c%10ccc(C#N)cc%10)ccc89)c57)-c5ccccc5-6)cc4)n3)cc21. The summed E-state index contributed by atoms with van der Waals surface area (Å²) in [7, 11) is 0. The van der Waals surface area contributed by atoms with E-state index < -0.39 is 0 Å². The standard InChI is InChI=1S/C65H40N4S/c1-65(2)56-15-9-8-14-50(56)51-27-26-45(34-57(51)65)64-68-62(41-10-4-3-5-11-41)67-63(69-64)42-22-20-40(21-23-42)46-30-32-54-48-12-6-7-13-49(48)55-33-31-47(60(46)61(54)55)44-25-29-53-52-28-24-43(35-58(52)70-59(53)36-44)39-18-16-38(37-66)17-19-39/h3-36H,1-2H3. The average Bonchev–Trinajstić information content (AvgIpc) is 4.03. The molecule has 0 N–H and O–H groups in total. The van der Waals surface area contributed by atoms with E-state index in [4.69, 9.17) is 15.0 Å². The van der Waals surface area contributed by atoms with Gasteiger partial charge in [0.05, 0.1) is 11.6 Å². The van der Waals surface area contributed by atoms with Crippen molar-refractivity contribution in [2.75, 3.05) is 0 Å². The Bertz CT molecular complexity index is 4170. The molecule has 5 heteroatoms. The van der Waals surface area contributed by atoms with E-state index in [1.165, 1.54) is 92.1 Å². The molecule has 0 spiro atoms. The highest BCUT2D eigenvalue weighted by Crippen LogP contribution is 2.53. The monoisotopic (exact) mass is 908 g/mol. The zero-order valence-electron chi connectivity index (χ0n) is 38.3. The second-order valence-corrected chi connectivity index (χ2v) is 20.1. The van der Waals surface area contributed by atoms with Crippen molar-refractivity contribution < 1.29 is 0 Å². The minimum Gasteiger partial charge on any atom is -0.208 e. The Hall–Kier alpha value is -8.82. The zero-order chi connectivity index (χ0) is 46.7. The summed E-state index contributed by atoms with van der Waals surface area (Å²) in [6.07, 6.45) is 0. The van der Waals surface area contributed by atoms with Crippen molar-refractivity contribution >= 4 is 42.3 Å². The molecule has 0 saturated heterocycles. The number of nitrogens with zero attached hydrogens (tertiary/aromatic N) is 4. The van der Waals surface area contributed by atoms with Crippen molar-refractivity contribution in [1.29, 1.82) is 5.26 Å². The summed E-state index contributed by atoms with van der Waals surface area (Å²) in [5.74, 6) is 1.93. The summed E-state index contributed by atoms with van der Waals surface area (Å²) in [5.41, 5.74) is 20.6. The Morgan fingerprint density at radius 2 is 0.814 bits per heavy atom. The molecule has 2 aliphatic rings. The van der Waals surface area contributed by atoms with Gasteiger partial charge in [-0.2, -0.15) is 5.26 Å². The second-order valence-electron chi connectivity index (χ2n) is 19.0. The minimum absolute atomic E-state index is 0.147. The average molecular weight is 909 g/mol. The summed E-state index contributed by atoms with van der Waals surface area (Å²) in [6, 6.07) is 76.3. The molecule has 0 bridgehead atoms. The molecule has 4 nitrogen and oxygen atoms in total. The summed E-state index contributed by atoms with van der Waals surface area (Å²) < 4.78 is 2.50. The first kappa shape index (κ1) is 40.3. The molecule has 326 valence electrons. The van der Waals surface area contributed by atoms with Gasteiger partial charge in [-0.15, -0.1) is 11.3 Å². The Balaban J connectivity index is 0.886. The van der Waals surface area contributed by atoms with Crippen LogP contribution in [0.5, 0.6) is 0 Å². The van der Waals surface area contributed by atoms with Crippen molar-refractivity contribution in [2.24, 2.45) is 0 Å². The van der Waals surface area contributed by atoms with E-state index in [0.717, 1.165) is 33.4 Å². The molecule has 10 aromatic carbocycles. The van der Waals surface area contributed by atoms with Gasteiger partial charge in [-0.05, 0) is 119 Å². The quantitative estimate of drug-likeness (QED) is 0.167. The van der Waals surface area contributed by atoms with Crippen molar-refractivity contribution in [2.45, 2.75) is 19.3 Å². The number of hydrogen-bond donors (Lipinski definition) is 0. The molecule has 0 radical (unpaired) electrons. The van der Waals surface area contributed by atoms with Crippen molar-refractivity contribution in [1.82, 2.24) is 15.0 Å². The molecular weight excluding hydrogens is 869 g/mol. The zero-order valence-corrected chi connectivity index (χ0v) is 39.1. The maximum atomic E-state index is 9.35. The Labute approximate surface area is 409 Å². The fourth-order valence-corrected chi connectivity index (χ4v) is 12.4. The lowest BCUT2D eigenvalue weighted by atomic mass is 9.82. The van der Waals surface area contributed by atoms with E-state index in [-0.39, 0.29) is 5.41 Å². The number of benzene rings is 10. The van der Waals surface area contributed by atoms with Crippen LogP contribution in [-0.4, -0.2) is 15.0 Å². The summed E-state index contributed by atoms with van der Waals surface area (Å²) >= 11 is 1.83. The molecular formula is C65H40N4S. The van der Waals surface area contributed by atoms with Crippen LogP contribution in [0.15, 0.2) is 206 Å². The first-order chi connectivity index (χ1) is 34.4. The number of hydrogen-bond acceptors (Lipinski definition) is 5. The smallest absolute Gasteiger partial charge is 0.164 e. The molecule has 0 atom stereocenters. The molecule has 0 unspecified atom stereocenters. The second kappa shape index (κ2) is 15.3. The number of fused-ring (bicyclic) bond motifs is 9. The summed E-state index contributed by atoms with van der Waals surface area (Å²) in [6.45, 7) is 4.61. The Kier molecular flexibility index (Phi) is 8.83. The van der Waals surface area contributed by atoms with Crippen LogP contribution in [-0.2, 0) is 5.41 Å². The van der Waals surface area contributed by atoms with E-state index in [1.54, 1.807) is 0 Å². The van der Waals surface area contributed by atoms with Crippen LogP contribution < -0.4 is 0 Å². The molecule has 0 fully saturated rings. The molecule has 0 aliphatic heterocycles. The van der Waals surface area contributed by atoms with Gasteiger partial charge in [0, 0.05) is 42.3 Å². The van der Waals surface area contributed by atoms with Crippen LogP contribution in [0.1, 0.15) is 30.5 Å². The number of thiophene rings is 1. The largest absolute Gasteiger partial charge is 0.208 e. The summed E-state index contributed by atoms with van der Waals surface area (Å²) in [5, 5.41) is 14.4. The third-order valence-electron chi connectivity index (χ3n) is 14.8. The first-order valence-electron chi connectivity index (χ1n) is 23.7. The topological polar surface area (TPSA) is 62.5 Å². The molecule has 70 heavy (non-hydrogen) atoms. The fraction of sp³-hybridized carbons (Fsp3) is 0.0462. The molecule has 2 aliphatic carbocycles. The first-order valence-corrected chi connectivity index (χ1v) is 24.5. The van der Waals surface area contributed by atoms with Gasteiger partial charge in [0.25, 0.3) is 0 Å². The van der Waals surface area contributed by atoms with Gasteiger partial charge < -0.3 is 0 Å². The Morgan fingerprint density at radius 3 is 1.49 bits per heavy atom. The van der Waals surface area contributed by atoms with E-state index >= 15 is 0 Å². The van der Waals surface area contributed by atoms with E-state index in [1.807, 2.05) is 53.8 Å². The lowest BCUT2D eigenvalue weighted by molar-refractivity contribution is 0.660.